The molecule has 1 rings (SSSR count). The van der Waals surface area contributed by atoms with Crippen LogP contribution in [0.4, 0.5) is 0 Å². The summed E-state index contributed by atoms with van der Waals surface area (Å²) in [5, 5.41) is 41.6. The van der Waals surface area contributed by atoms with Crippen molar-refractivity contribution in [2.75, 3.05) is 13.2 Å². The molecular weight excluding hydrogens is 320 g/mol. The number of rotatable bonds is 8. The van der Waals surface area contributed by atoms with Gasteiger partial charge in [0.15, 0.2) is 0 Å². The van der Waals surface area contributed by atoms with Crippen molar-refractivity contribution in [3.63, 3.8) is 0 Å². The van der Waals surface area contributed by atoms with Gasteiger partial charge in [0.05, 0.1) is 12.4 Å². The van der Waals surface area contributed by atoms with Crippen LogP contribution in [0.5, 0.6) is 0 Å². The third-order valence-corrected chi connectivity index (χ3v) is 3.31. The minimum absolute atomic E-state index is 0.212. The molecule has 0 bridgehead atoms. The van der Waals surface area contributed by atoms with E-state index in [0.717, 1.165) is 12.4 Å². The highest BCUT2D eigenvalue weighted by Gasteiger charge is 2.21. The van der Waals surface area contributed by atoms with Crippen molar-refractivity contribution in [3.8, 4) is 0 Å². The van der Waals surface area contributed by atoms with Gasteiger partial charge in [0.2, 0.25) is 0 Å². The number of hydrogen-bond donors (Lipinski definition) is 6. The third kappa shape index (κ3) is 5.49. The quantitative estimate of drug-likeness (QED) is 0.290. The molecule has 0 saturated carbocycles. The highest BCUT2D eigenvalue weighted by Crippen LogP contribution is 2.03. The van der Waals surface area contributed by atoms with E-state index in [9.17, 15) is 19.8 Å². The summed E-state index contributed by atoms with van der Waals surface area (Å²) in [6.45, 7) is 2.42. The van der Waals surface area contributed by atoms with Crippen LogP contribution in [0.15, 0.2) is 12.4 Å². The fourth-order valence-corrected chi connectivity index (χ4v) is 1.49. The maximum Gasteiger partial charge on any atom is 0.273 e. The van der Waals surface area contributed by atoms with Crippen LogP contribution in [-0.4, -0.2) is 67.9 Å². The van der Waals surface area contributed by atoms with Crippen LogP contribution >= 0.6 is 0 Å². The Morgan fingerprint density at radius 1 is 0.958 bits per heavy atom. The molecule has 0 aromatic carbocycles. The number of carbonyl (C=O) groups excluding carboxylic acids is 2. The summed E-state index contributed by atoms with van der Waals surface area (Å²) in [7, 11) is 0. The molecule has 1 aromatic heterocycles. The molecule has 2 amide bonds. The van der Waals surface area contributed by atoms with Gasteiger partial charge in [-0.2, -0.15) is 0 Å². The van der Waals surface area contributed by atoms with E-state index in [2.05, 4.69) is 20.6 Å². The standard InChI is InChI=1S/C14H22N4O6/c1-7(5-19)11(21)17-13(23)9-3-15-4-10(16-9)14(24)18-12(22)8(2)6-20/h3-4,7-8,11-12,19-22H,5-6H2,1-2H3,(H,17,23)(H,18,24). The Hall–Kier alpha value is -2.14. The second-order valence-electron chi connectivity index (χ2n) is 5.45. The molecule has 1 aromatic rings. The van der Waals surface area contributed by atoms with Crippen LogP contribution in [0.3, 0.4) is 0 Å². The summed E-state index contributed by atoms with van der Waals surface area (Å²) in [6, 6.07) is 0. The number of nitrogens with one attached hydrogen (secondary N) is 2. The maximum absolute atomic E-state index is 12.0. The number of hydrogen-bond acceptors (Lipinski definition) is 8. The van der Waals surface area contributed by atoms with Gasteiger partial charge in [0, 0.05) is 25.0 Å². The summed E-state index contributed by atoms with van der Waals surface area (Å²) < 4.78 is 0. The van der Waals surface area contributed by atoms with Gasteiger partial charge >= 0.3 is 0 Å². The van der Waals surface area contributed by atoms with E-state index in [0.29, 0.717) is 0 Å². The highest BCUT2D eigenvalue weighted by molar-refractivity contribution is 5.95. The van der Waals surface area contributed by atoms with Crippen molar-refractivity contribution < 1.29 is 30.0 Å². The van der Waals surface area contributed by atoms with Crippen LogP contribution in [0.2, 0.25) is 0 Å². The fraction of sp³-hybridized carbons (Fsp3) is 0.571. The van der Waals surface area contributed by atoms with E-state index in [1.54, 1.807) is 0 Å². The van der Waals surface area contributed by atoms with E-state index in [1.807, 2.05) is 0 Å². The van der Waals surface area contributed by atoms with Gasteiger partial charge in [-0.1, -0.05) is 13.8 Å². The Kier molecular flexibility index (Phi) is 7.65. The number of aliphatic hydroxyl groups is 4. The summed E-state index contributed by atoms with van der Waals surface area (Å²) in [5.41, 5.74) is -0.423. The van der Waals surface area contributed by atoms with Gasteiger partial charge in [-0.05, 0) is 0 Å². The average molecular weight is 342 g/mol. The lowest BCUT2D eigenvalue weighted by Gasteiger charge is -2.18. The van der Waals surface area contributed by atoms with Gasteiger partial charge in [-0.15, -0.1) is 0 Å². The summed E-state index contributed by atoms with van der Waals surface area (Å²) >= 11 is 0. The first kappa shape index (κ1) is 19.9. The van der Waals surface area contributed by atoms with Crippen molar-refractivity contribution in [2.24, 2.45) is 11.8 Å². The predicted octanol–water partition coefficient (Wildman–Crippen LogP) is -2.17. The van der Waals surface area contributed by atoms with Crippen LogP contribution < -0.4 is 10.6 Å². The minimum atomic E-state index is -1.28. The molecule has 24 heavy (non-hydrogen) atoms. The summed E-state index contributed by atoms with van der Waals surface area (Å²) in [6.07, 6.45) is -0.354. The largest absolute Gasteiger partial charge is 0.396 e. The molecule has 1 heterocycles. The van der Waals surface area contributed by atoms with Gasteiger partial charge in [-0.25, -0.2) is 4.98 Å². The summed E-state index contributed by atoms with van der Waals surface area (Å²) in [5.74, 6) is -2.70. The molecule has 10 heteroatoms. The summed E-state index contributed by atoms with van der Waals surface area (Å²) in [4.78, 5) is 31.5. The molecule has 0 aliphatic rings. The van der Waals surface area contributed by atoms with Crippen LogP contribution in [0, 0.1) is 11.8 Å². The first-order valence-electron chi connectivity index (χ1n) is 7.31. The Labute approximate surface area is 138 Å². The van der Waals surface area contributed by atoms with E-state index >= 15 is 0 Å². The van der Waals surface area contributed by atoms with Crippen molar-refractivity contribution in [3.05, 3.63) is 23.8 Å². The second kappa shape index (κ2) is 9.23. The molecular formula is C14H22N4O6. The normalized spacial score (nSPS) is 15.9. The van der Waals surface area contributed by atoms with Gasteiger partial charge in [0.1, 0.15) is 23.8 Å². The molecule has 4 atom stereocenters. The number of carbonyl (C=O) groups is 2. The SMILES string of the molecule is CC(CO)C(O)NC(=O)c1cncc(C(=O)NC(O)C(C)CO)n1. The van der Waals surface area contributed by atoms with Crippen LogP contribution in [-0.2, 0) is 0 Å². The molecule has 134 valence electrons. The Morgan fingerprint density at radius 3 is 1.67 bits per heavy atom. The van der Waals surface area contributed by atoms with Gasteiger partial charge < -0.3 is 31.1 Å². The Balaban J connectivity index is 2.79. The zero-order valence-corrected chi connectivity index (χ0v) is 13.4. The van der Waals surface area contributed by atoms with E-state index in [4.69, 9.17) is 10.2 Å². The number of amides is 2. The van der Waals surface area contributed by atoms with Gasteiger partial charge in [-0.3, -0.25) is 14.6 Å². The van der Waals surface area contributed by atoms with E-state index in [-0.39, 0.29) is 24.6 Å². The molecule has 0 aliphatic heterocycles. The Morgan fingerprint density at radius 2 is 1.33 bits per heavy atom. The lowest BCUT2D eigenvalue weighted by molar-refractivity contribution is 0.0434. The average Bonchev–Trinajstić information content (AvgIpc) is 2.59. The zero-order chi connectivity index (χ0) is 18.3. The minimum Gasteiger partial charge on any atom is -0.396 e. The molecule has 10 nitrogen and oxygen atoms in total. The molecule has 0 saturated heterocycles. The number of aliphatic hydroxyl groups excluding tert-OH is 4. The van der Waals surface area contributed by atoms with E-state index in [1.165, 1.54) is 13.8 Å². The third-order valence-electron chi connectivity index (χ3n) is 3.31. The van der Waals surface area contributed by atoms with Crippen molar-refractivity contribution in [1.29, 1.82) is 0 Å². The molecule has 4 unspecified atom stereocenters. The van der Waals surface area contributed by atoms with Gasteiger partial charge in [0.25, 0.3) is 11.8 Å². The molecule has 0 fully saturated rings. The zero-order valence-electron chi connectivity index (χ0n) is 13.4. The number of aromatic nitrogens is 2. The topological polar surface area (TPSA) is 165 Å². The fourth-order valence-electron chi connectivity index (χ4n) is 1.49. The smallest absolute Gasteiger partial charge is 0.273 e. The molecule has 6 N–H and O–H groups in total. The molecule has 0 aliphatic carbocycles. The first-order valence-corrected chi connectivity index (χ1v) is 7.31. The Bertz CT molecular complexity index is 525. The molecule has 0 spiro atoms. The lowest BCUT2D eigenvalue weighted by atomic mass is 10.1. The lowest BCUT2D eigenvalue weighted by Crippen LogP contribution is -2.42. The van der Waals surface area contributed by atoms with E-state index < -0.39 is 36.1 Å². The maximum atomic E-state index is 12.0. The van der Waals surface area contributed by atoms with Crippen LogP contribution in [0.25, 0.3) is 0 Å². The monoisotopic (exact) mass is 342 g/mol. The highest BCUT2D eigenvalue weighted by atomic mass is 16.3. The van der Waals surface area contributed by atoms with Crippen LogP contribution in [0.1, 0.15) is 34.8 Å². The first-order chi connectivity index (χ1) is 11.3. The predicted molar refractivity (Wildman–Crippen MR) is 81.5 cm³/mol. The number of nitrogens with zero attached hydrogens (tertiary/aromatic N) is 2. The van der Waals surface area contributed by atoms with Crippen molar-refractivity contribution in [2.45, 2.75) is 26.3 Å². The van der Waals surface area contributed by atoms with Crippen molar-refractivity contribution >= 4 is 11.8 Å². The molecule has 0 radical (unpaired) electrons. The second-order valence-corrected chi connectivity index (χ2v) is 5.45. The van der Waals surface area contributed by atoms with Crippen molar-refractivity contribution in [1.82, 2.24) is 20.6 Å².